The molecule has 13 atom stereocenters. The molecule has 3 aromatic heterocycles. The smallest absolute Gasteiger partial charge is 0.232 e. The molecule has 1 amide bonds. The van der Waals surface area contributed by atoms with Gasteiger partial charge in [0.05, 0.1) is 24.3 Å². The zero-order valence-corrected chi connectivity index (χ0v) is 49.3. The van der Waals surface area contributed by atoms with Crippen molar-refractivity contribution in [1.29, 1.82) is 15.8 Å². The molecule has 0 saturated heterocycles. The van der Waals surface area contributed by atoms with Crippen molar-refractivity contribution in [2.45, 2.75) is 170 Å². The quantitative estimate of drug-likeness (QED) is 0.227. The number of nitrogens with two attached hydrogens (primary N) is 1. The fraction of sp³-hybridized carbons (Fsp3) is 0.500. The Balaban J connectivity index is 0.000000128. The molecule has 0 radical (unpaired) electrons. The summed E-state index contributed by atoms with van der Waals surface area (Å²) in [5, 5.41) is 40.4. The standard InChI is InChI=1S/C19H25N.2C17H20N2O.C17H18N2/c1-5-17-16-9-15-8-12(2)6-7-18(15)19(17,11-20)10-13(3)14(16)4;1-4-13-12-7-15-14(6-5-11(3)19-15)17(13,9-18)8-10(2)16(12)20;1-4-13-12-7-10(2)9-17(13,16(18)20)14-6-5-11(3)19-15(14)8-12;1-4-14-13-7-11(2)9-17(14,10-18)15-6-5-12(3)19-16(15)8-13/h5-7,12-14,16H,8-10H2,1-4H3;4-6,10,12,16,20H,7-8H2,1-3H3;4-7,12H,8-9H2,1-3H3,(H2,18,20);4-7,13H,8-9H2,1-3H3/b17-5+;2*13-4+;14-4+/t12?,13?,14-,16+,19+;10?,12-,16-,17+;12-,17+;13-,17+/m0000/s1. The summed E-state index contributed by atoms with van der Waals surface area (Å²) in [5.41, 5.74) is 23.5. The van der Waals surface area contributed by atoms with Crippen molar-refractivity contribution in [3.63, 3.8) is 0 Å². The molecular weight excluding hydrogens is 971 g/mol. The molecule has 0 aromatic carbocycles. The lowest BCUT2D eigenvalue weighted by atomic mass is 9.50. The molecule has 0 spiro atoms. The van der Waals surface area contributed by atoms with Crippen molar-refractivity contribution < 1.29 is 9.90 Å². The van der Waals surface area contributed by atoms with E-state index in [1.165, 1.54) is 34.3 Å². The van der Waals surface area contributed by atoms with Crippen LogP contribution in [0.15, 0.2) is 130 Å². The highest BCUT2D eigenvalue weighted by atomic mass is 16.3. The third kappa shape index (κ3) is 9.25. The number of primary amides is 1. The number of aliphatic hydroxyl groups excluding tert-OH is 1. The minimum Gasteiger partial charge on any atom is -0.392 e. The van der Waals surface area contributed by atoms with Gasteiger partial charge in [0.2, 0.25) is 5.91 Å². The number of aromatic nitrogens is 3. The van der Waals surface area contributed by atoms with Gasteiger partial charge in [-0.25, -0.2) is 0 Å². The number of carbonyl (C=O) groups excluding carboxylic acids is 1. The maximum Gasteiger partial charge on any atom is 0.232 e. The summed E-state index contributed by atoms with van der Waals surface area (Å²) >= 11 is 0. The summed E-state index contributed by atoms with van der Waals surface area (Å²) in [5.74, 6) is 3.05. The van der Waals surface area contributed by atoms with Crippen molar-refractivity contribution >= 4 is 5.91 Å². The van der Waals surface area contributed by atoms with Crippen LogP contribution in [-0.2, 0) is 40.3 Å². The third-order valence-corrected chi connectivity index (χ3v) is 20.1. The second kappa shape index (κ2) is 21.7. The van der Waals surface area contributed by atoms with Gasteiger partial charge in [0.25, 0.3) is 0 Å². The van der Waals surface area contributed by atoms with Crippen molar-refractivity contribution in [2.24, 2.45) is 58.5 Å². The van der Waals surface area contributed by atoms with Crippen LogP contribution in [0.5, 0.6) is 0 Å². The van der Waals surface area contributed by atoms with E-state index in [0.29, 0.717) is 42.4 Å². The lowest BCUT2D eigenvalue weighted by Gasteiger charge is -2.52. The van der Waals surface area contributed by atoms with Crippen LogP contribution in [0.2, 0.25) is 0 Å². The van der Waals surface area contributed by atoms with Crippen LogP contribution in [0.4, 0.5) is 0 Å². The van der Waals surface area contributed by atoms with Crippen LogP contribution in [-0.4, -0.2) is 32.1 Å². The van der Waals surface area contributed by atoms with Gasteiger partial charge in [-0.1, -0.05) is 111 Å². The SMILES string of the molecule is C/C=C1\[C@@H]2CC3=C(C=CC(C)C3)[C@@]1(C#N)CC(C)[C@@H]2C.C/C=C1\[C@@H]2Cc3nc(C)ccc3[C@@]1(C#N)CC(C)[C@@H]2O.C/C=C1\[C@H]2C=C(C)C[C@]1(C#N)c1ccc(C)nc1C2.C/C=C1\[C@H]2C=C(C)C[C@]1(C(N)=O)c1ccc(C)nc1C2. The van der Waals surface area contributed by atoms with Gasteiger partial charge in [0.15, 0.2) is 0 Å². The van der Waals surface area contributed by atoms with E-state index in [0.717, 1.165) is 101 Å². The number of nitrogens with zero attached hydrogens (tertiary/aromatic N) is 6. The summed E-state index contributed by atoms with van der Waals surface area (Å²) in [6, 6.07) is 20.1. The van der Waals surface area contributed by atoms with Crippen LogP contribution in [0, 0.1) is 108 Å². The third-order valence-electron chi connectivity index (χ3n) is 20.1. The number of fused-ring (bicyclic) bond motifs is 15. The number of allylic oxidation sites excluding steroid dienone is 14. The molecule has 12 rings (SSSR count). The molecule has 9 nitrogen and oxygen atoms in total. The summed E-state index contributed by atoms with van der Waals surface area (Å²) in [4.78, 5) is 26.3. The predicted molar refractivity (Wildman–Crippen MR) is 315 cm³/mol. The van der Waals surface area contributed by atoms with Gasteiger partial charge >= 0.3 is 0 Å². The fourth-order valence-corrected chi connectivity index (χ4v) is 16.6. The predicted octanol–water partition coefficient (Wildman–Crippen LogP) is 13.9. The van der Waals surface area contributed by atoms with Crippen LogP contribution in [0.1, 0.15) is 159 Å². The largest absolute Gasteiger partial charge is 0.392 e. The lowest BCUT2D eigenvalue weighted by molar-refractivity contribution is -0.122. The molecule has 3 aromatic rings. The van der Waals surface area contributed by atoms with Gasteiger partial charge in [0, 0.05) is 64.8 Å². The summed E-state index contributed by atoms with van der Waals surface area (Å²) in [7, 11) is 0. The summed E-state index contributed by atoms with van der Waals surface area (Å²) < 4.78 is 0. The lowest BCUT2D eigenvalue weighted by Crippen LogP contribution is -2.50. The normalized spacial score (nSPS) is 35.8. The van der Waals surface area contributed by atoms with E-state index >= 15 is 0 Å². The van der Waals surface area contributed by atoms with Gasteiger partial charge in [0.1, 0.15) is 21.7 Å². The number of hydrogen-bond acceptors (Lipinski definition) is 8. The van der Waals surface area contributed by atoms with E-state index < -0.39 is 16.2 Å². The maximum absolute atomic E-state index is 12.4. The first kappa shape index (κ1) is 57.0. The van der Waals surface area contributed by atoms with Gasteiger partial charge in [-0.05, 0) is 200 Å². The molecule has 9 aliphatic rings. The topological polar surface area (TPSA) is 173 Å². The molecule has 3 N–H and O–H groups in total. The molecule has 79 heavy (non-hydrogen) atoms. The van der Waals surface area contributed by atoms with E-state index in [-0.39, 0.29) is 35.2 Å². The zero-order valence-electron chi connectivity index (χ0n) is 49.3. The van der Waals surface area contributed by atoms with Crippen molar-refractivity contribution in [1.82, 2.24) is 15.0 Å². The highest BCUT2D eigenvalue weighted by Gasteiger charge is 2.55. The van der Waals surface area contributed by atoms with E-state index in [4.69, 9.17) is 5.73 Å². The second-order valence-electron chi connectivity index (χ2n) is 25.0. The van der Waals surface area contributed by atoms with Crippen molar-refractivity contribution in [3.8, 4) is 18.2 Å². The highest BCUT2D eigenvalue weighted by Crippen LogP contribution is 2.61. The number of pyridine rings is 3. The number of aliphatic hydroxyl groups is 1. The van der Waals surface area contributed by atoms with Gasteiger partial charge < -0.3 is 10.8 Å². The number of nitriles is 3. The van der Waals surface area contributed by atoms with Gasteiger partial charge in [-0.2, -0.15) is 15.8 Å². The average molecular weight is 1050 g/mol. The maximum atomic E-state index is 12.4. The molecular formula is C70H83N7O2. The fourth-order valence-electron chi connectivity index (χ4n) is 16.6. The van der Waals surface area contributed by atoms with Crippen LogP contribution in [0.3, 0.4) is 0 Å². The molecule has 0 aliphatic heterocycles. The molecule has 9 heteroatoms. The van der Waals surface area contributed by atoms with E-state index in [2.05, 4.69) is 136 Å². The first-order valence-corrected chi connectivity index (χ1v) is 29.2. The molecule has 2 saturated carbocycles. The molecule has 410 valence electrons. The first-order valence-electron chi connectivity index (χ1n) is 29.2. The second-order valence-corrected chi connectivity index (χ2v) is 25.0. The molecule has 3 heterocycles. The number of carbonyl (C=O) groups is 1. The van der Waals surface area contributed by atoms with E-state index in [9.17, 15) is 25.7 Å². The van der Waals surface area contributed by atoms with E-state index in [1.54, 1.807) is 5.57 Å². The number of rotatable bonds is 1. The Labute approximate surface area is 471 Å². The molecule has 8 bridgehead atoms. The Bertz CT molecular complexity index is 3380. The molecule has 9 aliphatic carbocycles. The first-order chi connectivity index (χ1) is 37.6. The average Bonchev–Trinajstić information content (AvgIpc) is 2.85. The molecule has 3 unspecified atom stereocenters. The van der Waals surface area contributed by atoms with E-state index in [1.807, 2.05) is 71.9 Å². The van der Waals surface area contributed by atoms with Crippen LogP contribution < -0.4 is 5.73 Å². The summed E-state index contributed by atoms with van der Waals surface area (Å²) in [6.45, 7) is 27.4. The Hall–Kier alpha value is -6.73. The zero-order chi connectivity index (χ0) is 57.1. The van der Waals surface area contributed by atoms with Crippen LogP contribution >= 0.6 is 0 Å². The molecule has 2 fully saturated rings. The Kier molecular flexibility index (Phi) is 15.7. The van der Waals surface area contributed by atoms with Crippen molar-refractivity contribution in [2.75, 3.05) is 0 Å². The monoisotopic (exact) mass is 1050 g/mol. The van der Waals surface area contributed by atoms with Crippen molar-refractivity contribution in [3.05, 3.63) is 180 Å². The number of hydrogen-bond donors (Lipinski definition) is 2. The Morgan fingerprint density at radius 1 is 0.595 bits per heavy atom. The Morgan fingerprint density at radius 2 is 1.08 bits per heavy atom. The minimum atomic E-state index is -0.688. The Morgan fingerprint density at radius 3 is 1.62 bits per heavy atom. The van der Waals surface area contributed by atoms with Gasteiger partial charge in [-0.15, -0.1) is 0 Å². The number of amides is 1. The van der Waals surface area contributed by atoms with Gasteiger partial charge in [-0.3, -0.25) is 19.7 Å². The summed E-state index contributed by atoms with van der Waals surface area (Å²) in [6.07, 6.45) is 25.3. The van der Waals surface area contributed by atoms with Crippen LogP contribution in [0.25, 0.3) is 0 Å². The number of aryl methyl sites for hydroxylation is 3. The highest BCUT2D eigenvalue weighted by molar-refractivity contribution is 5.92. The minimum absolute atomic E-state index is 0.0326.